The van der Waals surface area contributed by atoms with Gasteiger partial charge in [-0.25, -0.2) is 0 Å². The molecule has 0 aromatic carbocycles. The van der Waals surface area contributed by atoms with Crippen LogP contribution >= 0.6 is 0 Å². The Balaban J connectivity index is 2.42. The Labute approximate surface area is 70.7 Å². The monoisotopic (exact) mass is 162 g/mol. The summed E-state index contributed by atoms with van der Waals surface area (Å²) in [4.78, 5) is 15.1. The first-order chi connectivity index (χ1) is 5.79. The highest BCUT2D eigenvalue weighted by atomic mass is 16.1. The number of allylic oxidation sites excluding steroid dienone is 1. The van der Waals surface area contributed by atoms with Crippen LogP contribution in [0.4, 0.5) is 0 Å². The molecule has 2 N–H and O–H groups in total. The maximum absolute atomic E-state index is 10.9. The number of nitrogens with zero attached hydrogens (tertiary/aromatic N) is 1. The van der Waals surface area contributed by atoms with E-state index in [-0.39, 0.29) is 5.91 Å². The Kier molecular flexibility index (Phi) is 1.57. The molecule has 1 heterocycles. The van der Waals surface area contributed by atoms with Crippen LogP contribution in [0.2, 0.25) is 0 Å². The van der Waals surface area contributed by atoms with Crippen LogP contribution in [-0.4, -0.2) is 12.1 Å². The van der Waals surface area contributed by atoms with E-state index >= 15 is 0 Å². The summed E-state index contributed by atoms with van der Waals surface area (Å²) in [6.45, 7) is 0. The van der Waals surface area contributed by atoms with Crippen molar-refractivity contribution in [3.05, 3.63) is 23.4 Å². The third kappa shape index (κ3) is 0.978. The van der Waals surface area contributed by atoms with Crippen LogP contribution in [-0.2, 0) is 4.79 Å². The predicted octanol–water partition coefficient (Wildman–Crippen LogP) is 0.776. The Bertz CT molecular complexity index is 312. The summed E-state index contributed by atoms with van der Waals surface area (Å²) in [7, 11) is 0. The number of hydrogen-bond acceptors (Lipinski definition) is 2. The van der Waals surface area contributed by atoms with Gasteiger partial charge in [0, 0.05) is 12.1 Å². The highest BCUT2D eigenvalue weighted by Crippen LogP contribution is 2.31. The molecule has 2 rings (SSSR count). The first-order valence-corrected chi connectivity index (χ1v) is 4.04. The lowest BCUT2D eigenvalue weighted by Gasteiger charge is -2.13. The summed E-state index contributed by atoms with van der Waals surface area (Å²) < 4.78 is 0. The van der Waals surface area contributed by atoms with Gasteiger partial charge < -0.3 is 5.73 Å². The fourth-order valence-corrected chi connectivity index (χ4v) is 1.61. The molecule has 0 fully saturated rings. The second kappa shape index (κ2) is 2.59. The van der Waals surface area contributed by atoms with Gasteiger partial charge in [-0.2, -0.15) is 0 Å². The molecule has 0 bridgehead atoms. The minimum Gasteiger partial charge on any atom is -0.366 e. The molecule has 2 aliphatic rings. The van der Waals surface area contributed by atoms with Crippen LogP contribution < -0.4 is 5.73 Å². The van der Waals surface area contributed by atoms with Gasteiger partial charge in [0.15, 0.2) is 0 Å². The van der Waals surface area contributed by atoms with Crippen molar-refractivity contribution in [2.24, 2.45) is 16.6 Å². The first-order valence-electron chi connectivity index (χ1n) is 4.04. The summed E-state index contributed by atoms with van der Waals surface area (Å²) in [5.74, 6) is -0.0414. The second-order valence-corrected chi connectivity index (χ2v) is 3.02. The zero-order valence-electron chi connectivity index (χ0n) is 6.66. The number of hydrogen-bond donors (Lipinski definition) is 1. The van der Waals surface area contributed by atoms with Crippen molar-refractivity contribution in [1.29, 1.82) is 0 Å². The van der Waals surface area contributed by atoms with E-state index in [0.29, 0.717) is 11.5 Å². The van der Waals surface area contributed by atoms with Crippen molar-refractivity contribution in [3.8, 4) is 0 Å². The lowest BCUT2D eigenvalue weighted by atomic mass is 9.99. The zero-order valence-corrected chi connectivity index (χ0v) is 6.66. The standard InChI is InChI=1S/C9H10N2O/c10-9(12)7-4-3-6-2-1-5-11-8(6)7/h3-6H,1-2H2,(H2,10,12). The van der Waals surface area contributed by atoms with Crippen molar-refractivity contribution in [3.63, 3.8) is 0 Å². The van der Waals surface area contributed by atoms with Gasteiger partial charge in [-0.15, -0.1) is 0 Å². The van der Waals surface area contributed by atoms with Crippen molar-refractivity contribution in [2.45, 2.75) is 12.8 Å². The summed E-state index contributed by atoms with van der Waals surface area (Å²) in [6, 6.07) is 0. The highest BCUT2D eigenvalue weighted by Gasteiger charge is 2.24. The number of fused-ring (bicyclic) bond motifs is 1. The van der Waals surface area contributed by atoms with E-state index in [2.05, 4.69) is 4.99 Å². The fourth-order valence-electron chi connectivity index (χ4n) is 1.61. The lowest BCUT2D eigenvalue weighted by Crippen LogP contribution is -2.14. The Morgan fingerprint density at radius 2 is 2.50 bits per heavy atom. The molecule has 1 atom stereocenters. The smallest absolute Gasteiger partial charge is 0.250 e. The number of carbonyl (C=O) groups is 1. The molecular weight excluding hydrogens is 152 g/mol. The van der Waals surface area contributed by atoms with Crippen molar-refractivity contribution < 1.29 is 4.79 Å². The molecule has 0 aromatic heterocycles. The van der Waals surface area contributed by atoms with Crippen LogP contribution in [0.1, 0.15) is 12.8 Å². The van der Waals surface area contributed by atoms with Gasteiger partial charge in [0.1, 0.15) is 0 Å². The number of rotatable bonds is 1. The summed E-state index contributed by atoms with van der Waals surface area (Å²) >= 11 is 0. The van der Waals surface area contributed by atoms with E-state index in [1.54, 1.807) is 6.08 Å². The molecule has 12 heavy (non-hydrogen) atoms. The predicted molar refractivity (Wildman–Crippen MR) is 46.6 cm³/mol. The Hall–Kier alpha value is -1.38. The number of primary amides is 1. The normalized spacial score (nSPS) is 26.2. The minimum atomic E-state index is -0.372. The topological polar surface area (TPSA) is 55.5 Å². The molecule has 1 amide bonds. The Morgan fingerprint density at radius 1 is 1.67 bits per heavy atom. The maximum atomic E-state index is 10.9. The molecule has 1 aliphatic heterocycles. The van der Waals surface area contributed by atoms with Gasteiger partial charge >= 0.3 is 0 Å². The van der Waals surface area contributed by atoms with E-state index in [4.69, 9.17) is 5.73 Å². The zero-order chi connectivity index (χ0) is 8.55. The molecule has 3 nitrogen and oxygen atoms in total. The summed E-state index contributed by atoms with van der Waals surface area (Å²) in [6.07, 6.45) is 7.68. The van der Waals surface area contributed by atoms with Crippen LogP contribution in [0, 0.1) is 5.92 Å². The van der Waals surface area contributed by atoms with Crippen LogP contribution in [0.3, 0.4) is 0 Å². The van der Waals surface area contributed by atoms with E-state index in [0.717, 1.165) is 18.5 Å². The Morgan fingerprint density at radius 3 is 3.25 bits per heavy atom. The molecule has 0 spiro atoms. The van der Waals surface area contributed by atoms with E-state index in [1.165, 1.54) is 0 Å². The molecule has 3 heteroatoms. The molecule has 0 radical (unpaired) electrons. The average Bonchev–Trinajstić information content (AvgIpc) is 2.47. The molecule has 1 unspecified atom stereocenters. The molecule has 0 aromatic rings. The summed E-state index contributed by atoms with van der Waals surface area (Å²) in [5, 5.41) is 0. The van der Waals surface area contributed by atoms with Gasteiger partial charge in [-0.05, 0) is 12.8 Å². The number of nitrogens with two attached hydrogens (primary N) is 1. The number of aliphatic imine (C=N–C) groups is 1. The molecule has 0 saturated heterocycles. The van der Waals surface area contributed by atoms with Crippen LogP contribution in [0.25, 0.3) is 0 Å². The van der Waals surface area contributed by atoms with Gasteiger partial charge in [0.2, 0.25) is 0 Å². The average molecular weight is 162 g/mol. The van der Waals surface area contributed by atoms with Crippen molar-refractivity contribution >= 4 is 12.1 Å². The van der Waals surface area contributed by atoms with Crippen molar-refractivity contribution in [1.82, 2.24) is 0 Å². The number of amides is 1. The van der Waals surface area contributed by atoms with Crippen molar-refractivity contribution in [2.75, 3.05) is 0 Å². The third-order valence-corrected chi connectivity index (χ3v) is 2.22. The fraction of sp³-hybridized carbons (Fsp3) is 0.333. The molecule has 1 aliphatic carbocycles. The molecular formula is C9H10N2O. The highest BCUT2D eigenvalue weighted by molar-refractivity contribution is 5.97. The van der Waals surface area contributed by atoms with Crippen LogP contribution in [0.5, 0.6) is 0 Å². The quantitative estimate of drug-likeness (QED) is 0.608. The van der Waals surface area contributed by atoms with Gasteiger partial charge in [-0.1, -0.05) is 12.2 Å². The first kappa shape index (κ1) is 7.28. The van der Waals surface area contributed by atoms with Crippen LogP contribution in [0.15, 0.2) is 28.4 Å². The molecule has 0 saturated carbocycles. The van der Waals surface area contributed by atoms with E-state index < -0.39 is 0 Å². The lowest BCUT2D eigenvalue weighted by molar-refractivity contribution is -0.114. The maximum Gasteiger partial charge on any atom is 0.250 e. The minimum absolute atomic E-state index is 0.331. The SMILES string of the molecule is NC(=O)C1=C2N=CCCC2C=C1. The van der Waals surface area contributed by atoms with Gasteiger partial charge in [-0.3, -0.25) is 9.79 Å². The number of carbonyl (C=O) groups excluding carboxylic acids is 1. The van der Waals surface area contributed by atoms with Gasteiger partial charge in [0.05, 0.1) is 11.3 Å². The second-order valence-electron chi connectivity index (χ2n) is 3.02. The largest absolute Gasteiger partial charge is 0.366 e. The van der Waals surface area contributed by atoms with E-state index in [1.807, 2.05) is 12.3 Å². The summed E-state index contributed by atoms with van der Waals surface area (Å²) in [5.41, 5.74) is 6.62. The van der Waals surface area contributed by atoms with Gasteiger partial charge in [0.25, 0.3) is 5.91 Å². The van der Waals surface area contributed by atoms with E-state index in [9.17, 15) is 4.79 Å². The molecule has 62 valence electrons. The third-order valence-electron chi connectivity index (χ3n) is 2.22.